The van der Waals surface area contributed by atoms with Crippen molar-refractivity contribution in [3.8, 4) is 5.88 Å². The van der Waals surface area contributed by atoms with Crippen molar-refractivity contribution in [2.75, 3.05) is 26.3 Å². The maximum absolute atomic E-state index is 11.6. The fraction of sp³-hybridized carbons (Fsp3) is 0.333. The number of pyridine rings is 1. The lowest BCUT2D eigenvalue weighted by Crippen LogP contribution is -2.41. The number of para-hydroxylation sites is 1. The summed E-state index contributed by atoms with van der Waals surface area (Å²) in [7, 11) is 0. The average molecular weight is 287 g/mol. The second kappa shape index (κ2) is 6.07. The number of carbonyl (C=O) groups is 1. The van der Waals surface area contributed by atoms with Crippen molar-refractivity contribution in [3.63, 3.8) is 0 Å². The molecule has 3 rings (SSSR count). The zero-order valence-corrected chi connectivity index (χ0v) is 11.5. The molecule has 3 N–H and O–H groups in total. The van der Waals surface area contributed by atoms with Crippen molar-refractivity contribution >= 4 is 16.8 Å². The van der Waals surface area contributed by atoms with Crippen molar-refractivity contribution in [1.29, 1.82) is 0 Å². The lowest BCUT2D eigenvalue weighted by molar-refractivity contribution is -0.000843. The van der Waals surface area contributed by atoms with Gasteiger partial charge in [0.25, 0.3) is 5.91 Å². The molecular weight excluding hydrogens is 270 g/mol. The highest BCUT2D eigenvalue weighted by Gasteiger charge is 2.17. The van der Waals surface area contributed by atoms with Crippen LogP contribution in [0.15, 0.2) is 30.3 Å². The number of hydrogen-bond acceptors (Lipinski definition) is 5. The average Bonchev–Trinajstić information content (AvgIpc) is 2.53. The molecule has 1 atom stereocenters. The summed E-state index contributed by atoms with van der Waals surface area (Å²) in [5, 5.41) is 4.08. The number of fused-ring (bicyclic) bond motifs is 1. The van der Waals surface area contributed by atoms with Crippen LogP contribution in [0, 0.1) is 0 Å². The minimum atomic E-state index is -0.550. The number of hydrogen-bond donors (Lipinski definition) is 2. The van der Waals surface area contributed by atoms with Crippen LogP contribution in [0.4, 0.5) is 0 Å². The summed E-state index contributed by atoms with van der Waals surface area (Å²) in [6.45, 7) is 2.55. The van der Waals surface area contributed by atoms with Crippen molar-refractivity contribution in [3.05, 3.63) is 35.9 Å². The molecule has 6 heteroatoms. The van der Waals surface area contributed by atoms with Crippen molar-refractivity contribution in [2.24, 2.45) is 5.73 Å². The number of carbonyl (C=O) groups excluding carboxylic acids is 1. The fourth-order valence-electron chi connectivity index (χ4n) is 2.28. The molecule has 0 bridgehead atoms. The first-order valence-corrected chi connectivity index (χ1v) is 6.89. The number of amides is 1. The Morgan fingerprint density at radius 2 is 2.33 bits per heavy atom. The molecule has 6 nitrogen and oxygen atoms in total. The maximum atomic E-state index is 11.6. The number of ether oxygens (including phenoxy) is 2. The molecule has 21 heavy (non-hydrogen) atoms. The SMILES string of the molecule is NC(=O)c1cc2ccccc2nc1OCC1CNCCO1. The van der Waals surface area contributed by atoms with Crippen LogP contribution < -0.4 is 15.8 Å². The third kappa shape index (κ3) is 3.12. The van der Waals surface area contributed by atoms with Gasteiger partial charge in [-0.15, -0.1) is 0 Å². The van der Waals surface area contributed by atoms with Gasteiger partial charge in [-0.1, -0.05) is 18.2 Å². The molecule has 1 aliphatic heterocycles. The van der Waals surface area contributed by atoms with E-state index in [2.05, 4.69) is 10.3 Å². The Morgan fingerprint density at radius 1 is 1.48 bits per heavy atom. The predicted molar refractivity (Wildman–Crippen MR) is 78.4 cm³/mol. The highest BCUT2D eigenvalue weighted by Crippen LogP contribution is 2.22. The molecule has 110 valence electrons. The summed E-state index contributed by atoms with van der Waals surface area (Å²) in [4.78, 5) is 16.0. The highest BCUT2D eigenvalue weighted by molar-refractivity contribution is 5.98. The number of nitrogens with zero attached hydrogens (tertiary/aromatic N) is 1. The zero-order chi connectivity index (χ0) is 14.7. The van der Waals surface area contributed by atoms with Crippen LogP contribution in [0.2, 0.25) is 0 Å². The standard InChI is InChI=1S/C15H17N3O3/c16-14(19)12-7-10-3-1-2-4-13(10)18-15(12)21-9-11-8-17-5-6-20-11/h1-4,7,11,17H,5-6,8-9H2,(H2,16,19). The Balaban J connectivity index is 1.84. The number of primary amides is 1. The van der Waals surface area contributed by atoms with E-state index in [1.54, 1.807) is 6.07 Å². The van der Waals surface area contributed by atoms with E-state index in [1.165, 1.54) is 0 Å². The normalized spacial score (nSPS) is 18.6. The highest BCUT2D eigenvalue weighted by atomic mass is 16.5. The minimum absolute atomic E-state index is 0.0484. The van der Waals surface area contributed by atoms with Gasteiger partial charge in [0, 0.05) is 18.5 Å². The first-order valence-electron chi connectivity index (χ1n) is 6.89. The van der Waals surface area contributed by atoms with E-state index in [0.717, 1.165) is 24.0 Å². The van der Waals surface area contributed by atoms with Gasteiger partial charge < -0.3 is 20.5 Å². The van der Waals surface area contributed by atoms with Gasteiger partial charge in [-0.25, -0.2) is 4.98 Å². The van der Waals surface area contributed by atoms with E-state index >= 15 is 0 Å². The second-order valence-electron chi connectivity index (χ2n) is 4.91. The predicted octanol–water partition coefficient (Wildman–Crippen LogP) is 0.701. The zero-order valence-electron chi connectivity index (χ0n) is 11.5. The Bertz CT molecular complexity index is 654. The van der Waals surface area contributed by atoms with E-state index in [4.69, 9.17) is 15.2 Å². The number of nitrogens with two attached hydrogens (primary N) is 1. The van der Waals surface area contributed by atoms with Gasteiger partial charge in [0.15, 0.2) is 0 Å². The van der Waals surface area contributed by atoms with Gasteiger partial charge in [0.1, 0.15) is 18.3 Å². The van der Waals surface area contributed by atoms with E-state index in [0.29, 0.717) is 13.2 Å². The summed E-state index contributed by atoms with van der Waals surface area (Å²) >= 11 is 0. The topological polar surface area (TPSA) is 86.5 Å². The number of aromatic nitrogens is 1. The van der Waals surface area contributed by atoms with Gasteiger partial charge in [0.05, 0.1) is 12.1 Å². The molecule has 1 aromatic heterocycles. The monoisotopic (exact) mass is 287 g/mol. The number of benzene rings is 1. The third-order valence-electron chi connectivity index (χ3n) is 3.36. The lowest BCUT2D eigenvalue weighted by Gasteiger charge is -2.23. The Kier molecular flexibility index (Phi) is 3.98. The molecule has 1 fully saturated rings. The Hall–Kier alpha value is -2.18. The van der Waals surface area contributed by atoms with Crippen molar-refractivity contribution in [1.82, 2.24) is 10.3 Å². The van der Waals surface area contributed by atoms with Crippen molar-refractivity contribution in [2.45, 2.75) is 6.10 Å². The molecule has 2 aromatic rings. The fourth-order valence-corrected chi connectivity index (χ4v) is 2.28. The Morgan fingerprint density at radius 3 is 3.10 bits per heavy atom. The molecule has 1 aromatic carbocycles. The summed E-state index contributed by atoms with van der Waals surface area (Å²) in [6, 6.07) is 9.23. The molecule has 0 spiro atoms. The smallest absolute Gasteiger partial charge is 0.254 e. The van der Waals surface area contributed by atoms with E-state index in [1.807, 2.05) is 24.3 Å². The van der Waals surface area contributed by atoms with Crippen LogP contribution in [0.5, 0.6) is 5.88 Å². The quantitative estimate of drug-likeness (QED) is 0.864. The largest absolute Gasteiger partial charge is 0.474 e. The lowest BCUT2D eigenvalue weighted by atomic mass is 10.1. The van der Waals surface area contributed by atoms with Crippen LogP contribution in [-0.2, 0) is 4.74 Å². The van der Waals surface area contributed by atoms with Gasteiger partial charge >= 0.3 is 0 Å². The molecule has 0 saturated carbocycles. The van der Waals surface area contributed by atoms with Crippen LogP contribution >= 0.6 is 0 Å². The molecule has 1 saturated heterocycles. The number of rotatable bonds is 4. The van der Waals surface area contributed by atoms with Gasteiger partial charge in [0.2, 0.25) is 5.88 Å². The molecule has 1 unspecified atom stereocenters. The van der Waals surface area contributed by atoms with Gasteiger partial charge in [-0.2, -0.15) is 0 Å². The molecule has 0 radical (unpaired) electrons. The van der Waals surface area contributed by atoms with Crippen LogP contribution in [0.25, 0.3) is 10.9 Å². The van der Waals surface area contributed by atoms with E-state index < -0.39 is 5.91 Å². The van der Waals surface area contributed by atoms with Crippen LogP contribution in [-0.4, -0.2) is 43.3 Å². The first kappa shape index (κ1) is 13.8. The maximum Gasteiger partial charge on any atom is 0.254 e. The molecular formula is C15H17N3O3. The van der Waals surface area contributed by atoms with Crippen LogP contribution in [0.3, 0.4) is 0 Å². The first-order chi connectivity index (χ1) is 10.2. The number of nitrogens with one attached hydrogen (secondary N) is 1. The summed E-state index contributed by atoms with van der Waals surface area (Å²) in [5.41, 5.74) is 6.47. The molecule has 0 aliphatic carbocycles. The Labute approximate surface area is 122 Å². The van der Waals surface area contributed by atoms with Gasteiger partial charge in [-0.05, 0) is 12.1 Å². The van der Waals surface area contributed by atoms with Crippen molar-refractivity contribution < 1.29 is 14.3 Å². The van der Waals surface area contributed by atoms with Crippen LogP contribution in [0.1, 0.15) is 10.4 Å². The number of morpholine rings is 1. The molecule has 2 heterocycles. The molecule has 1 aliphatic rings. The summed E-state index contributed by atoms with van der Waals surface area (Å²) < 4.78 is 11.2. The summed E-state index contributed by atoms with van der Waals surface area (Å²) in [5.74, 6) is -0.290. The summed E-state index contributed by atoms with van der Waals surface area (Å²) in [6.07, 6.45) is -0.0484. The second-order valence-corrected chi connectivity index (χ2v) is 4.91. The molecule has 1 amide bonds. The van der Waals surface area contributed by atoms with E-state index in [-0.39, 0.29) is 17.5 Å². The van der Waals surface area contributed by atoms with E-state index in [9.17, 15) is 4.79 Å². The third-order valence-corrected chi connectivity index (χ3v) is 3.36. The minimum Gasteiger partial charge on any atom is -0.474 e. The van der Waals surface area contributed by atoms with Gasteiger partial charge in [-0.3, -0.25) is 4.79 Å².